The zero-order chi connectivity index (χ0) is 12.7. The number of rotatable bonds is 7. The molecule has 0 aromatic carbocycles. The van der Waals surface area contributed by atoms with Crippen LogP contribution in [0.2, 0.25) is 0 Å². The van der Waals surface area contributed by atoms with Gasteiger partial charge in [0.05, 0.1) is 5.54 Å². The van der Waals surface area contributed by atoms with Crippen LogP contribution in [0, 0.1) is 0 Å². The second-order valence-corrected chi connectivity index (χ2v) is 5.03. The first kappa shape index (κ1) is 17.9. The summed E-state index contributed by atoms with van der Waals surface area (Å²) in [5.41, 5.74) is 1.16. The Balaban J connectivity index is 0.00000289. The summed E-state index contributed by atoms with van der Waals surface area (Å²) in [4.78, 5) is 10.5. The summed E-state index contributed by atoms with van der Waals surface area (Å²) in [6.07, 6.45) is 6.49. The van der Waals surface area contributed by atoms with Crippen molar-refractivity contribution in [2.45, 2.75) is 64.0 Å². The summed E-state index contributed by atoms with van der Waals surface area (Å²) in [6.45, 7) is 4.79. The Hall–Kier alpha value is -0.0600. The lowest BCUT2D eigenvalue weighted by atomic mass is 9.93. The zero-order valence-corrected chi connectivity index (χ0v) is 13.5. The largest absolute Gasteiger partial charge is 0.430 e. The Morgan fingerprint density at radius 1 is 1.50 bits per heavy atom. The van der Waals surface area contributed by atoms with E-state index in [9.17, 15) is 4.79 Å². The van der Waals surface area contributed by atoms with Gasteiger partial charge in [0.2, 0.25) is 0 Å². The van der Waals surface area contributed by atoms with Gasteiger partial charge in [-0.2, -0.15) is 0 Å². The summed E-state index contributed by atoms with van der Waals surface area (Å²) in [6, 6.07) is 0.403. The average molecular weight is 341 g/mol. The number of halogens is 2. The molecular weight excluding hydrogens is 318 g/mol. The van der Waals surface area contributed by atoms with Crippen LogP contribution in [-0.2, 0) is 9.53 Å². The van der Waals surface area contributed by atoms with Gasteiger partial charge in [-0.05, 0) is 26.2 Å². The summed E-state index contributed by atoms with van der Waals surface area (Å²) in [7, 11) is 0. The van der Waals surface area contributed by atoms with Crippen molar-refractivity contribution in [2.24, 2.45) is 0 Å². The third kappa shape index (κ3) is 4.56. The minimum absolute atomic E-state index is 0. The maximum atomic E-state index is 10.5. The highest BCUT2D eigenvalue weighted by Gasteiger charge is 2.39. The quantitative estimate of drug-likeness (QED) is 0.564. The zero-order valence-electron chi connectivity index (χ0n) is 11.1. The van der Waals surface area contributed by atoms with E-state index in [1.165, 1.54) is 5.54 Å². The molecule has 0 radical (unpaired) electrons. The molecule has 1 unspecified atom stereocenters. The fourth-order valence-electron chi connectivity index (χ4n) is 2.71. The molecule has 0 amide bonds. The van der Waals surface area contributed by atoms with Crippen molar-refractivity contribution < 1.29 is 9.53 Å². The summed E-state index contributed by atoms with van der Waals surface area (Å²) < 4.78 is 5.04. The van der Waals surface area contributed by atoms with Gasteiger partial charge in [0, 0.05) is 11.6 Å². The van der Waals surface area contributed by atoms with E-state index in [1.807, 2.05) is 0 Å². The van der Waals surface area contributed by atoms with Crippen LogP contribution in [0.25, 0.3) is 0 Å². The molecule has 0 bridgehead atoms. The van der Waals surface area contributed by atoms with Gasteiger partial charge in [0.1, 0.15) is 5.76 Å². The number of ether oxygens (including phenoxy) is 1. The van der Waals surface area contributed by atoms with Crippen molar-refractivity contribution in [3.05, 3.63) is 11.3 Å². The van der Waals surface area contributed by atoms with Crippen LogP contribution in [0.1, 0.15) is 52.4 Å². The number of hydrogen-bond acceptors (Lipinski definition) is 3. The molecule has 0 aromatic heterocycles. The third-order valence-electron chi connectivity index (χ3n) is 3.45. The minimum atomic E-state index is -0.239. The summed E-state index contributed by atoms with van der Waals surface area (Å²) in [5, 5.41) is 3.59. The standard InChI is InChI=1S/C13H22ClNO2.BrH/c1-3-6-11(2)15-13(7-4-5-8-13)12(9-14)17-10-16;/h9-11,15H,3-8H2,1-2H3;1H. The normalized spacial score (nSPS) is 20.1. The number of carbonyl (C=O) groups is 1. The Bertz CT molecular complexity index is 278. The molecule has 1 aliphatic carbocycles. The molecule has 0 saturated heterocycles. The van der Waals surface area contributed by atoms with Gasteiger partial charge in [-0.25, -0.2) is 0 Å². The van der Waals surface area contributed by atoms with Crippen LogP contribution < -0.4 is 5.32 Å². The van der Waals surface area contributed by atoms with Gasteiger partial charge in [-0.3, -0.25) is 4.79 Å². The Morgan fingerprint density at radius 3 is 2.56 bits per heavy atom. The molecule has 1 rings (SSSR count). The fourth-order valence-corrected chi connectivity index (χ4v) is 2.97. The maximum Gasteiger partial charge on any atom is 0.298 e. The molecule has 18 heavy (non-hydrogen) atoms. The van der Waals surface area contributed by atoms with E-state index in [0.717, 1.165) is 38.5 Å². The van der Waals surface area contributed by atoms with Gasteiger partial charge in [0.25, 0.3) is 6.47 Å². The smallest absolute Gasteiger partial charge is 0.298 e. The highest BCUT2D eigenvalue weighted by Crippen LogP contribution is 2.37. The second-order valence-electron chi connectivity index (χ2n) is 4.81. The SMILES string of the molecule is Br.CCCC(C)NC1(C(=CCl)OC=O)CCCC1. The first-order valence-electron chi connectivity index (χ1n) is 6.37. The molecule has 0 aliphatic heterocycles. The maximum absolute atomic E-state index is 10.5. The third-order valence-corrected chi connectivity index (χ3v) is 3.65. The van der Waals surface area contributed by atoms with Crippen molar-refractivity contribution in [1.82, 2.24) is 5.32 Å². The molecule has 0 aromatic rings. The van der Waals surface area contributed by atoms with Crippen LogP contribution in [0.5, 0.6) is 0 Å². The predicted molar refractivity (Wildman–Crippen MR) is 80.1 cm³/mol. The van der Waals surface area contributed by atoms with Gasteiger partial charge >= 0.3 is 0 Å². The van der Waals surface area contributed by atoms with Crippen molar-refractivity contribution in [1.29, 1.82) is 0 Å². The van der Waals surface area contributed by atoms with Crippen LogP contribution >= 0.6 is 28.6 Å². The van der Waals surface area contributed by atoms with Crippen LogP contribution in [-0.4, -0.2) is 18.1 Å². The first-order valence-corrected chi connectivity index (χ1v) is 6.81. The summed E-state index contributed by atoms with van der Waals surface area (Å²) >= 11 is 5.79. The number of nitrogens with one attached hydrogen (secondary N) is 1. The number of carbonyl (C=O) groups excluding carboxylic acids is 1. The summed E-state index contributed by atoms with van der Waals surface area (Å²) in [5.74, 6) is 0.564. The molecule has 1 atom stereocenters. The highest BCUT2D eigenvalue weighted by atomic mass is 79.9. The van der Waals surface area contributed by atoms with E-state index in [-0.39, 0.29) is 22.5 Å². The Morgan fingerprint density at radius 2 is 2.11 bits per heavy atom. The van der Waals surface area contributed by atoms with E-state index in [2.05, 4.69) is 19.2 Å². The van der Waals surface area contributed by atoms with Crippen LogP contribution in [0.4, 0.5) is 0 Å². The van der Waals surface area contributed by atoms with Crippen LogP contribution in [0.15, 0.2) is 11.3 Å². The molecule has 1 saturated carbocycles. The van der Waals surface area contributed by atoms with Crippen molar-refractivity contribution in [3.8, 4) is 0 Å². The topological polar surface area (TPSA) is 38.3 Å². The highest BCUT2D eigenvalue weighted by molar-refractivity contribution is 8.93. The van der Waals surface area contributed by atoms with E-state index >= 15 is 0 Å². The lowest BCUT2D eigenvalue weighted by Gasteiger charge is -2.34. The van der Waals surface area contributed by atoms with Crippen molar-refractivity contribution >= 4 is 35.1 Å². The predicted octanol–water partition coefficient (Wildman–Crippen LogP) is 3.91. The van der Waals surface area contributed by atoms with E-state index in [1.54, 1.807) is 0 Å². The van der Waals surface area contributed by atoms with E-state index < -0.39 is 0 Å². The molecule has 3 nitrogen and oxygen atoms in total. The molecule has 1 aliphatic rings. The Labute approximate surface area is 125 Å². The molecule has 106 valence electrons. The van der Waals surface area contributed by atoms with Gasteiger partial charge in [-0.1, -0.05) is 37.8 Å². The monoisotopic (exact) mass is 339 g/mol. The number of hydrogen-bond donors (Lipinski definition) is 1. The minimum Gasteiger partial charge on any atom is -0.430 e. The first-order chi connectivity index (χ1) is 8.18. The van der Waals surface area contributed by atoms with Crippen molar-refractivity contribution in [3.63, 3.8) is 0 Å². The van der Waals surface area contributed by atoms with Crippen molar-refractivity contribution in [2.75, 3.05) is 0 Å². The van der Waals surface area contributed by atoms with E-state index in [0.29, 0.717) is 18.3 Å². The average Bonchev–Trinajstić information content (AvgIpc) is 2.75. The molecule has 0 spiro atoms. The molecular formula is C13H23BrClNO2. The lowest BCUT2D eigenvalue weighted by molar-refractivity contribution is -0.126. The van der Waals surface area contributed by atoms with Gasteiger partial charge < -0.3 is 10.1 Å². The second kappa shape index (κ2) is 8.94. The molecule has 1 N–H and O–H groups in total. The van der Waals surface area contributed by atoms with E-state index in [4.69, 9.17) is 16.3 Å². The Kier molecular flexibility index (Phi) is 8.91. The van der Waals surface area contributed by atoms with Crippen LogP contribution in [0.3, 0.4) is 0 Å². The molecule has 0 heterocycles. The fraction of sp³-hybridized carbons (Fsp3) is 0.769. The van der Waals surface area contributed by atoms with Gasteiger partial charge in [0.15, 0.2) is 0 Å². The molecule has 5 heteroatoms. The molecule has 1 fully saturated rings. The van der Waals surface area contributed by atoms with Gasteiger partial charge in [-0.15, -0.1) is 17.0 Å². The lowest BCUT2D eigenvalue weighted by Crippen LogP contribution is -2.49.